The van der Waals surface area contributed by atoms with Crippen LogP contribution in [0.1, 0.15) is 25.5 Å². The second-order valence-electron chi connectivity index (χ2n) is 7.21. The summed E-state index contributed by atoms with van der Waals surface area (Å²) in [7, 11) is 0. The van der Waals surface area contributed by atoms with Gasteiger partial charge in [-0.2, -0.15) is 0 Å². The van der Waals surface area contributed by atoms with Gasteiger partial charge in [-0.3, -0.25) is 19.2 Å². The van der Waals surface area contributed by atoms with Gasteiger partial charge in [0, 0.05) is 30.6 Å². The Labute approximate surface area is 166 Å². The van der Waals surface area contributed by atoms with Crippen molar-refractivity contribution in [3.63, 3.8) is 0 Å². The molecule has 2 aliphatic heterocycles. The monoisotopic (exact) mass is 408 g/mol. The Bertz CT molecular complexity index is 770. The van der Waals surface area contributed by atoms with E-state index in [1.165, 1.54) is 23.0 Å². The Morgan fingerprint density at radius 2 is 2.29 bits per heavy atom. The lowest BCUT2D eigenvalue weighted by Crippen LogP contribution is -2.61. The number of primary amides is 1. The van der Waals surface area contributed by atoms with Gasteiger partial charge in [0.05, 0.1) is 12.1 Å². The van der Waals surface area contributed by atoms with Crippen molar-refractivity contribution in [2.45, 2.75) is 43.8 Å². The van der Waals surface area contributed by atoms with E-state index in [1.54, 1.807) is 13.1 Å². The first-order valence-corrected chi connectivity index (χ1v) is 10.2. The van der Waals surface area contributed by atoms with Gasteiger partial charge in [0.15, 0.2) is 0 Å². The molecule has 0 aromatic carbocycles. The van der Waals surface area contributed by atoms with Crippen LogP contribution in [-0.4, -0.2) is 74.2 Å². The van der Waals surface area contributed by atoms with Crippen LogP contribution in [0.15, 0.2) is 12.5 Å². The molecule has 0 saturated carbocycles. The molecule has 1 unspecified atom stereocenters. The van der Waals surface area contributed by atoms with Gasteiger partial charge in [0.25, 0.3) is 0 Å². The number of thioether (sulfide) groups is 1. The Morgan fingerprint density at radius 3 is 2.93 bits per heavy atom. The summed E-state index contributed by atoms with van der Waals surface area (Å²) in [6.07, 6.45) is 4.38. The normalized spacial score (nSPS) is 25.8. The first-order valence-electron chi connectivity index (χ1n) is 9.07. The molecule has 2 aliphatic rings. The van der Waals surface area contributed by atoms with Gasteiger partial charge >= 0.3 is 0 Å². The van der Waals surface area contributed by atoms with Crippen molar-refractivity contribution < 1.29 is 19.2 Å². The first-order chi connectivity index (χ1) is 13.3. The lowest BCUT2D eigenvalue weighted by molar-refractivity contribution is -0.145. The van der Waals surface area contributed by atoms with Crippen molar-refractivity contribution in [2.75, 3.05) is 18.1 Å². The Hall–Kier alpha value is -2.56. The number of amides is 4. The first kappa shape index (κ1) is 20.2. The molecular weight excluding hydrogens is 384 g/mol. The van der Waals surface area contributed by atoms with Crippen molar-refractivity contribution in [3.8, 4) is 0 Å². The molecule has 3 atom stereocenters. The topological polar surface area (TPSA) is 150 Å². The van der Waals surface area contributed by atoms with Crippen molar-refractivity contribution in [3.05, 3.63) is 18.2 Å². The highest BCUT2D eigenvalue weighted by Crippen LogP contribution is 2.29. The van der Waals surface area contributed by atoms with Crippen LogP contribution in [0.4, 0.5) is 0 Å². The van der Waals surface area contributed by atoms with Crippen molar-refractivity contribution in [2.24, 2.45) is 5.73 Å². The van der Waals surface area contributed by atoms with Crippen LogP contribution in [-0.2, 0) is 25.6 Å². The van der Waals surface area contributed by atoms with Gasteiger partial charge < -0.3 is 26.3 Å². The fraction of sp³-hybridized carbons (Fsp3) is 0.588. The van der Waals surface area contributed by atoms with Gasteiger partial charge in [0.1, 0.15) is 17.6 Å². The van der Waals surface area contributed by atoms with E-state index < -0.39 is 29.4 Å². The smallest absolute Gasteiger partial charge is 0.246 e. The number of aromatic amines is 1. The van der Waals surface area contributed by atoms with Crippen LogP contribution in [0, 0.1) is 0 Å². The van der Waals surface area contributed by atoms with Gasteiger partial charge in [-0.25, -0.2) is 4.98 Å². The highest BCUT2D eigenvalue weighted by Gasteiger charge is 2.46. The van der Waals surface area contributed by atoms with Crippen molar-refractivity contribution in [1.29, 1.82) is 0 Å². The fourth-order valence-electron chi connectivity index (χ4n) is 3.54. The molecule has 10 nitrogen and oxygen atoms in total. The van der Waals surface area contributed by atoms with E-state index >= 15 is 0 Å². The van der Waals surface area contributed by atoms with E-state index in [0.717, 1.165) is 0 Å². The number of rotatable bonds is 6. The molecule has 4 amide bonds. The van der Waals surface area contributed by atoms with Crippen LogP contribution in [0.3, 0.4) is 0 Å². The quantitative estimate of drug-likeness (QED) is 0.451. The molecule has 3 heterocycles. The van der Waals surface area contributed by atoms with E-state index in [1.807, 2.05) is 0 Å². The number of imidazole rings is 1. The summed E-state index contributed by atoms with van der Waals surface area (Å²) in [4.78, 5) is 57.8. The molecule has 5 N–H and O–H groups in total. The summed E-state index contributed by atoms with van der Waals surface area (Å²) in [5.41, 5.74) is 5.13. The molecular formula is C17H24N6O4S. The minimum Gasteiger partial charge on any atom is -0.368 e. The number of likely N-dealkylation sites (tertiary alicyclic amines) is 1. The molecule has 28 heavy (non-hydrogen) atoms. The molecule has 2 saturated heterocycles. The minimum absolute atomic E-state index is 0.184. The summed E-state index contributed by atoms with van der Waals surface area (Å²) < 4.78 is 0. The second kappa shape index (κ2) is 8.21. The maximum atomic E-state index is 13.3. The van der Waals surface area contributed by atoms with Crippen LogP contribution >= 0.6 is 11.8 Å². The molecule has 1 aromatic heterocycles. The van der Waals surface area contributed by atoms with Gasteiger partial charge in [-0.15, -0.1) is 11.8 Å². The lowest BCUT2D eigenvalue weighted by Gasteiger charge is -2.35. The molecule has 0 spiro atoms. The molecule has 0 bridgehead atoms. The van der Waals surface area contributed by atoms with E-state index in [2.05, 4.69) is 20.6 Å². The third kappa shape index (κ3) is 4.13. The SMILES string of the molecule is C[C@@]1(C(N)=O)CCCN1C(=O)[C@H](Cc1cnc[nH]1)NC(=O)C1CSCC(=O)N1. The highest BCUT2D eigenvalue weighted by molar-refractivity contribution is 8.00. The number of nitrogens with one attached hydrogen (secondary N) is 3. The molecule has 11 heteroatoms. The average Bonchev–Trinajstić information content (AvgIpc) is 3.30. The zero-order valence-electron chi connectivity index (χ0n) is 15.6. The van der Waals surface area contributed by atoms with E-state index in [-0.39, 0.29) is 18.2 Å². The number of hydrogen-bond acceptors (Lipinski definition) is 6. The summed E-state index contributed by atoms with van der Waals surface area (Å²) in [5, 5.41) is 5.37. The van der Waals surface area contributed by atoms with E-state index in [4.69, 9.17) is 5.73 Å². The van der Waals surface area contributed by atoms with Gasteiger partial charge in [0.2, 0.25) is 23.6 Å². The van der Waals surface area contributed by atoms with Crippen molar-refractivity contribution in [1.82, 2.24) is 25.5 Å². The Balaban J connectivity index is 1.78. The molecule has 0 radical (unpaired) electrons. The Kier molecular flexibility index (Phi) is 5.92. The van der Waals surface area contributed by atoms with Crippen LogP contribution < -0.4 is 16.4 Å². The minimum atomic E-state index is -1.08. The van der Waals surface area contributed by atoms with Crippen LogP contribution in [0.5, 0.6) is 0 Å². The highest BCUT2D eigenvalue weighted by atomic mass is 32.2. The van der Waals surface area contributed by atoms with E-state index in [0.29, 0.717) is 36.6 Å². The number of H-pyrrole nitrogens is 1. The summed E-state index contributed by atoms with van der Waals surface area (Å²) in [6.45, 7) is 2.04. The number of nitrogens with two attached hydrogens (primary N) is 1. The fourth-order valence-corrected chi connectivity index (χ4v) is 4.39. The molecule has 1 aromatic rings. The summed E-state index contributed by atoms with van der Waals surface area (Å²) in [6, 6.07) is -1.61. The number of carbonyl (C=O) groups is 4. The molecule has 3 rings (SSSR count). The average molecular weight is 408 g/mol. The largest absolute Gasteiger partial charge is 0.368 e. The summed E-state index contributed by atoms with van der Waals surface area (Å²) in [5.74, 6) is -0.847. The Morgan fingerprint density at radius 1 is 1.50 bits per heavy atom. The zero-order chi connectivity index (χ0) is 20.3. The third-order valence-electron chi connectivity index (χ3n) is 5.20. The lowest BCUT2D eigenvalue weighted by atomic mass is 9.97. The standard InChI is InChI=1S/C17H24N6O4S/c1-17(16(18)27)3-2-4-23(17)15(26)11(5-10-6-19-9-20-10)22-14(25)12-7-28-8-13(24)21-12/h6,9,11-12H,2-5,7-8H2,1H3,(H2,18,27)(H,19,20)(H,21,24)(H,22,25)/t11-,12?,17-/m0/s1. The van der Waals surface area contributed by atoms with Crippen LogP contribution in [0.25, 0.3) is 0 Å². The number of aromatic nitrogens is 2. The third-order valence-corrected chi connectivity index (χ3v) is 6.24. The van der Waals surface area contributed by atoms with E-state index in [9.17, 15) is 19.2 Å². The number of carbonyl (C=O) groups excluding carboxylic acids is 4. The predicted octanol–water partition coefficient (Wildman–Crippen LogP) is -1.46. The molecule has 152 valence electrons. The van der Waals surface area contributed by atoms with Crippen LogP contribution in [0.2, 0.25) is 0 Å². The molecule has 0 aliphatic carbocycles. The zero-order valence-corrected chi connectivity index (χ0v) is 16.4. The summed E-state index contributed by atoms with van der Waals surface area (Å²) >= 11 is 1.36. The maximum Gasteiger partial charge on any atom is 0.246 e. The predicted molar refractivity (Wildman–Crippen MR) is 102 cm³/mol. The van der Waals surface area contributed by atoms with Crippen molar-refractivity contribution >= 4 is 35.4 Å². The second-order valence-corrected chi connectivity index (χ2v) is 8.24. The number of hydrogen-bond donors (Lipinski definition) is 4. The van der Waals surface area contributed by atoms with Gasteiger partial charge in [-0.05, 0) is 19.8 Å². The van der Waals surface area contributed by atoms with Gasteiger partial charge in [-0.1, -0.05) is 0 Å². The number of nitrogens with zero attached hydrogens (tertiary/aromatic N) is 2. The maximum absolute atomic E-state index is 13.3. The molecule has 2 fully saturated rings.